The number of aromatic amines is 1. The largest absolute Gasteiger partial charge is 0.361 e. The Morgan fingerprint density at radius 3 is 2.70 bits per heavy atom. The van der Waals surface area contributed by atoms with E-state index in [9.17, 15) is 4.79 Å². The number of nitrogens with one attached hydrogen (secondary N) is 1. The first-order valence-electron chi connectivity index (χ1n) is 6.54. The number of hydrogen-bond acceptors (Lipinski definition) is 1. The van der Waals surface area contributed by atoms with E-state index in [0.29, 0.717) is 6.42 Å². The van der Waals surface area contributed by atoms with Crippen molar-refractivity contribution in [2.75, 3.05) is 0 Å². The van der Waals surface area contributed by atoms with Crippen LogP contribution >= 0.6 is 15.9 Å². The lowest BCUT2D eigenvalue weighted by atomic mass is 9.89. The molecule has 0 spiro atoms. The molecule has 0 fully saturated rings. The summed E-state index contributed by atoms with van der Waals surface area (Å²) in [5.74, 6) is 0.0942. The van der Waals surface area contributed by atoms with Crippen molar-refractivity contribution in [2.45, 2.75) is 12.3 Å². The summed E-state index contributed by atoms with van der Waals surface area (Å²) < 4.78 is 1.05. The Balaban J connectivity index is 2.14. The third kappa shape index (κ3) is 2.41. The Hall–Kier alpha value is -1.87. The first-order chi connectivity index (χ1) is 9.79. The second-order valence-corrected chi connectivity index (χ2v) is 5.72. The zero-order chi connectivity index (χ0) is 13.9. The SMILES string of the molecule is O=CC[C@@H](c1ccccc1)c1c[nH]c2ccc(Br)cc12. The van der Waals surface area contributed by atoms with Gasteiger partial charge in [-0.15, -0.1) is 0 Å². The van der Waals surface area contributed by atoms with E-state index in [2.05, 4.69) is 39.1 Å². The molecule has 20 heavy (non-hydrogen) atoms. The summed E-state index contributed by atoms with van der Waals surface area (Å²) in [5, 5.41) is 1.16. The number of carbonyl (C=O) groups excluding carboxylic acids is 1. The summed E-state index contributed by atoms with van der Waals surface area (Å²) in [4.78, 5) is 14.4. The predicted molar refractivity (Wildman–Crippen MR) is 85.0 cm³/mol. The topological polar surface area (TPSA) is 32.9 Å². The van der Waals surface area contributed by atoms with Gasteiger partial charge in [-0.25, -0.2) is 0 Å². The number of aromatic nitrogens is 1. The molecule has 1 heterocycles. The monoisotopic (exact) mass is 327 g/mol. The normalized spacial score (nSPS) is 12.4. The third-order valence-electron chi connectivity index (χ3n) is 3.59. The zero-order valence-electron chi connectivity index (χ0n) is 10.8. The highest BCUT2D eigenvalue weighted by molar-refractivity contribution is 9.10. The van der Waals surface area contributed by atoms with Gasteiger partial charge in [-0.05, 0) is 29.3 Å². The van der Waals surface area contributed by atoms with Gasteiger partial charge >= 0.3 is 0 Å². The Morgan fingerprint density at radius 1 is 1.15 bits per heavy atom. The van der Waals surface area contributed by atoms with Gasteiger partial charge in [-0.2, -0.15) is 0 Å². The van der Waals surface area contributed by atoms with E-state index < -0.39 is 0 Å². The average molecular weight is 328 g/mol. The molecule has 0 aliphatic heterocycles. The van der Waals surface area contributed by atoms with Crippen LogP contribution in [-0.4, -0.2) is 11.3 Å². The minimum Gasteiger partial charge on any atom is -0.361 e. The molecule has 3 heteroatoms. The van der Waals surface area contributed by atoms with Crippen molar-refractivity contribution in [3.8, 4) is 0 Å². The van der Waals surface area contributed by atoms with Crippen LogP contribution in [0, 0.1) is 0 Å². The molecule has 3 rings (SSSR count). The molecular weight excluding hydrogens is 314 g/mol. The lowest BCUT2D eigenvalue weighted by molar-refractivity contribution is -0.108. The van der Waals surface area contributed by atoms with Gasteiger partial charge in [0.05, 0.1) is 0 Å². The quantitative estimate of drug-likeness (QED) is 0.695. The fourth-order valence-corrected chi connectivity index (χ4v) is 2.99. The lowest BCUT2D eigenvalue weighted by Crippen LogP contribution is -2.01. The van der Waals surface area contributed by atoms with Gasteiger partial charge < -0.3 is 9.78 Å². The molecule has 0 aliphatic carbocycles. The third-order valence-corrected chi connectivity index (χ3v) is 4.08. The van der Waals surface area contributed by atoms with Crippen LogP contribution in [0.3, 0.4) is 0 Å². The molecule has 0 amide bonds. The van der Waals surface area contributed by atoms with Crippen LogP contribution in [0.25, 0.3) is 10.9 Å². The fraction of sp³-hybridized carbons (Fsp3) is 0.118. The van der Waals surface area contributed by atoms with Gasteiger partial charge in [-0.1, -0.05) is 46.3 Å². The molecule has 2 aromatic carbocycles. The summed E-state index contributed by atoms with van der Waals surface area (Å²) in [6.45, 7) is 0. The standard InChI is InChI=1S/C17H14BrNO/c18-13-6-7-17-15(10-13)16(11-19-17)14(8-9-20)12-4-2-1-3-5-12/h1-7,9-11,14,19H,8H2/t14-/m0/s1. The summed E-state index contributed by atoms with van der Waals surface area (Å²) in [7, 11) is 0. The predicted octanol–water partition coefficient (Wildman–Crippen LogP) is 4.65. The number of fused-ring (bicyclic) bond motifs is 1. The molecular formula is C17H14BrNO. The van der Waals surface area contributed by atoms with Gasteiger partial charge in [0.2, 0.25) is 0 Å². The Morgan fingerprint density at radius 2 is 1.95 bits per heavy atom. The minimum absolute atomic E-state index is 0.0942. The van der Waals surface area contributed by atoms with Crippen LogP contribution in [0.1, 0.15) is 23.5 Å². The van der Waals surface area contributed by atoms with Crippen LogP contribution in [0.15, 0.2) is 59.2 Å². The Bertz CT molecular complexity index is 733. The van der Waals surface area contributed by atoms with Crippen molar-refractivity contribution in [3.63, 3.8) is 0 Å². The van der Waals surface area contributed by atoms with Crippen LogP contribution in [-0.2, 0) is 4.79 Å². The summed E-state index contributed by atoms with van der Waals surface area (Å²) in [6, 6.07) is 16.3. The molecule has 0 saturated heterocycles. The van der Waals surface area contributed by atoms with E-state index in [1.54, 1.807) is 0 Å². The second kappa shape index (κ2) is 5.63. The van der Waals surface area contributed by atoms with Crippen molar-refractivity contribution >= 4 is 33.1 Å². The maximum absolute atomic E-state index is 11.1. The summed E-state index contributed by atoms with van der Waals surface area (Å²) in [6.07, 6.45) is 3.50. The maximum atomic E-state index is 11.1. The molecule has 3 aromatic rings. The number of H-pyrrole nitrogens is 1. The van der Waals surface area contributed by atoms with Crippen molar-refractivity contribution in [2.24, 2.45) is 0 Å². The summed E-state index contributed by atoms with van der Waals surface area (Å²) in [5.41, 5.74) is 3.43. The van der Waals surface area contributed by atoms with E-state index >= 15 is 0 Å². The van der Waals surface area contributed by atoms with Crippen molar-refractivity contribution in [1.29, 1.82) is 0 Å². The van der Waals surface area contributed by atoms with Gasteiger partial charge in [0.1, 0.15) is 6.29 Å². The first-order valence-corrected chi connectivity index (χ1v) is 7.34. The van der Waals surface area contributed by atoms with Crippen LogP contribution in [0.5, 0.6) is 0 Å². The van der Waals surface area contributed by atoms with Crippen LogP contribution in [0.4, 0.5) is 0 Å². The van der Waals surface area contributed by atoms with E-state index in [1.165, 1.54) is 11.1 Å². The fourth-order valence-electron chi connectivity index (χ4n) is 2.63. The van der Waals surface area contributed by atoms with E-state index in [0.717, 1.165) is 21.7 Å². The molecule has 0 saturated carbocycles. The average Bonchev–Trinajstić information content (AvgIpc) is 2.88. The Kier molecular flexibility index (Phi) is 3.70. The summed E-state index contributed by atoms with van der Waals surface area (Å²) >= 11 is 3.51. The highest BCUT2D eigenvalue weighted by atomic mass is 79.9. The number of carbonyl (C=O) groups is 1. The lowest BCUT2D eigenvalue weighted by Gasteiger charge is -2.14. The highest BCUT2D eigenvalue weighted by Gasteiger charge is 2.17. The van der Waals surface area contributed by atoms with Gasteiger partial charge in [-0.3, -0.25) is 0 Å². The molecule has 1 N–H and O–H groups in total. The minimum atomic E-state index is 0.0942. The van der Waals surface area contributed by atoms with Crippen LogP contribution in [0.2, 0.25) is 0 Å². The highest BCUT2D eigenvalue weighted by Crippen LogP contribution is 2.33. The van der Waals surface area contributed by atoms with Crippen LogP contribution < -0.4 is 0 Å². The van der Waals surface area contributed by atoms with Crippen molar-refractivity contribution in [1.82, 2.24) is 4.98 Å². The molecule has 2 nitrogen and oxygen atoms in total. The van der Waals surface area contributed by atoms with E-state index in [4.69, 9.17) is 0 Å². The number of halogens is 1. The molecule has 1 atom stereocenters. The maximum Gasteiger partial charge on any atom is 0.120 e. The molecule has 100 valence electrons. The number of hydrogen-bond donors (Lipinski definition) is 1. The van der Waals surface area contributed by atoms with Gasteiger partial charge in [0.25, 0.3) is 0 Å². The van der Waals surface area contributed by atoms with E-state index in [-0.39, 0.29) is 5.92 Å². The number of benzene rings is 2. The molecule has 0 radical (unpaired) electrons. The van der Waals surface area contributed by atoms with Crippen molar-refractivity contribution < 1.29 is 4.79 Å². The van der Waals surface area contributed by atoms with Crippen molar-refractivity contribution in [3.05, 3.63) is 70.3 Å². The Labute approximate surface area is 126 Å². The van der Waals surface area contributed by atoms with Gasteiger partial charge in [0.15, 0.2) is 0 Å². The molecule has 1 aromatic heterocycles. The number of rotatable bonds is 4. The second-order valence-electron chi connectivity index (χ2n) is 4.80. The number of aldehydes is 1. The zero-order valence-corrected chi connectivity index (χ0v) is 12.4. The van der Waals surface area contributed by atoms with E-state index in [1.807, 2.05) is 36.5 Å². The molecule has 0 aliphatic rings. The first kappa shape index (κ1) is 13.1. The van der Waals surface area contributed by atoms with Gasteiger partial charge in [0, 0.05) is 33.9 Å². The molecule has 0 bridgehead atoms. The smallest absolute Gasteiger partial charge is 0.120 e. The molecule has 0 unspecified atom stereocenters.